The molecule has 7 nitrogen and oxygen atoms in total. The molecule has 158 valence electrons. The van der Waals surface area contributed by atoms with Crippen molar-refractivity contribution in [2.75, 3.05) is 19.4 Å². The average molecular weight is 431 g/mol. The summed E-state index contributed by atoms with van der Waals surface area (Å²) in [6.07, 6.45) is -1.75. The van der Waals surface area contributed by atoms with Gasteiger partial charge >= 0.3 is 6.18 Å². The molecule has 29 heavy (non-hydrogen) atoms. The summed E-state index contributed by atoms with van der Waals surface area (Å²) in [6, 6.07) is 7.09. The molecule has 1 amide bonds. The van der Waals surface area contributed by atoms with Crippen molar-refractivity contribution < 1.29 is 31.1 Å². The molecule has 0 bridgehead atoms. The minimum atomic E-state index is -4.52. The van der Waals surface area contributed by atoms with E-state index >= 15 is 0 Å². The van der Waals surface area contributed by atoms with Crippen LogP contribution in [0.3, 0.4) is 0 Å². The third-order valence-electron chi connectivity index (χ3n) is 4.88. The van der Waals surface area contributed by atoms with Crippen LogP contribution in [0.2, 0.25) is 0 Å². The van der Waals surface area contributed by atoms with Crippen LogP contribution in [-0.2, 0) is 20.8 Å². The number of sulfone groups is 1. The Morgan fingerprint density at radius 1 is 1.31 bits per heavy atom. The van der Waals surface area contributed by atoms with E-state index in [1.807, 2.05) is 5.10 Å². The Morgan fingerprint density at radius 2 is 2.03 bits per heavy atom. The lowest BCUT2D eigenvalue weighted by Crippen LogP contribution is -2.33. The highest BCUT2D eigenvalue weighted by atomic mass is 32.2. The van der Waals surface area contributed by atoms with Crippen LogP contribution in [0.4, 0.5) is 13.2 Å². The first-order chi connectivity index (χ1) is 13.5. The van der Waals surface area contributed by atoms with Gasteiger partial charge in [0.1, 0.15) is 11.4 Å². The average Bonchev–Trinajstić information content (AvgIpc) is 3.26. The fraction of sp³-hybridized carbons (Fsp3) is 0.444. The normalized spacial score (nSPS) is 15.7. The molecule has 1 heterocycles. The fourth-order valence-corrected chi connectivity index (χ4v) is 4.25. The van der Waals surface area contributed by atoms with Crippen molar-refractivity contribution in [3.8, 4) is 17.0 Å². The van der Waals surface area contributed by atoms with Crippen LogP contribution in [0.5, 0.6) is 5.75 Å². The number of alkyl halides is 3. The van der Waals surface area contributed by atoms with Gasteiger partial charge in [-0.1, -0.05) is 12.1 Å². The van der Waals surface area contributed by atoms with Crippen LogP contribution in [0, 0.1) is 0 Å². The fourth-order valence-electron chi connectivity index (χ4n) is 2.94. The zero-order chi connectivity index (χ0) is 21.3. The summed E-state index contributed by atoms with van der Waals surface area (Å²) < 4.78 is 66.1. The van der Waals surface area contributed by atoms with E-state index in [-0.39, 0.29) is 18.8 Å². The van der Waals surface area contributed by atoms with Crippen molar-refractivity contribution in [3.05, 3.63) is 36.0 Å². The molecule has 0 saturated heterocycles. The number of carbonyl (C=O) groups is 1. The molecular formula is C18H20F3N3O4S. The van der Waals surface area contributed by atoms with Gasteiger partial charge in [0.25, 0.3) is 5.91 Å². The molecule has 0 radical (unpaired) electrons. The zero-order valence-corrected chi connectivity index (χ0v) is 16.4. The third-order valence-corrected chi connectivity index (χ3v) is 7.07. The summed E-state index contributed by atoms with van der Waals surface area (Å²) >= 11 is 0. The highest BCUT2D eigenvalue weighted by Gasteiger charge is 2.51. The summed E-state index contributed by atoms with van der Waals surface area (Å²) in [5.74, 6) is -0.122. The summed E-state index contributed by atoms with van der Waals surface area (Å²) in [5, 5.41) is 8.21. The van der Waals surface area contributed by atoms with Gasteiger partial charge < -0.3 is 10.1 Å². The maximum Gasteiger partial charge on any atom is 0.432 e. The molecule has 3 rings (SSSR count). The number of carbonyl (C=O) groups excluding carboxylic acids is 1. The third kappa shape index (κ3) is 5.08. The minimum Gasteiger partial charge on any atom is -0.484 e. The number of rotatable bonds is 8. The van der Waals surface area contributed by atoms with Crippen molar-refractivity contribution in [1.82, 2.24) is 15.5 Å². The van der Waals surface area contributed by atoms with Crippen LogP contribution in [0.1, 0.15) is 25.0 Å². The van der Waals surface area contributed by atoms with Crippen LogP contribution in [-0.4, -0.2) is 48.7 Å². The van der Waals surface area contributed by atoms with Crippen molar-refractivity contribution in [3.63, 3.8) is 0 Å². The lowest BCUT2D eigenvalue weighted by molar-refractivity contribution is -0.141. The van der Waals surface area contributed by atoms with Gasteiger partial charge in [0.05, 0.1) is 10.4 Å². The lowest BCUT2D eigenvalue weighted by Gasteiger charge is -2.13. The summed E-state index contributed by atoms with van der Waals surface area (Å²) in [7, 11) is -3.14. The van der Waals surface area contributed by atoms with Crippen LogP contribution in [0.15, 0.2) is 30.3 Å². The number of amides is 1. The molecule has 0 atom stereocenters. The molecule has 1 saturated carbocycles. The van der Waals surface area contributed by atoms with Gasteiger partial charge in [-0.2, -0.15) is 18.3 Å². The summed E-state index contributed by atoms with van der Waals surface area (Å²) in [6.45, 7) is -0.0769. The van der Waals surface area contributed by atoms with E-state index in [2.05, 4.69) is 10.4 Å². The molecule has 1 aromatic heterocycles. The largest absolute Gasteiger partial charge is 0.484 e. The minimum absolute atomic E-state index is 0.0998. The van der Waals surface area contributed by atoms with Gasteiger partial charge in [0.15, 0.2) is 16.4 Å². The van der Waals surface area contributed by atoms with Crippen molar-refractivity contribution >= 4 is 15.7 Å². The van der Waals surface area contributed by atoms with Crippen molar-refractivity contribution in [1.29, 1.82) is 0 Å². The second kappa shape index (κ2) is 7.69. The Kier molecular flexibility index (Phi) is 5.61. The lowest BCUT2D eigenvalue weighted by atomic mass is 10.1. The molecule has 0 unspecified atom stereocenters. The van der Waals surface area contributed by atoms with Gasteiger partial charge in [0, 0.05) is 18.4 Å². The molecule has 1 aliphatic carbocycles. The standard InChI is InChI=1S/C18H20F3N3O4S/c1-29(26,27)17(5-6-17)7-8-22-16(25)11-28-13-4-2-3-12(9-13)14-10-15(24-23-14)18(19,20)21/h2-4,9-10H,5-8,11H2,1H3,(H,22,25)(H,23,24). The topological polar surface area (TPSA) is 101 Å². The molecule has 0 aliphatic heterocycles. The van der Waals surface area contributed by atoms with E-state index in [0.717, 1.165) is 6.07 Å². The highest BCUT2D eigenvalue weighted by Crippen LogP contribution is 2.45. The monoisotopic (exact) mass is 431 g/mol. The van der Waals surface area contributed by atoms with E-state index < -0.39 is 32.4 Å². The first kappa shape index (κ1) is 21.2. The van der Waals surface area contributed by atoms with Crippen molar-refractivity contribution in [2.24, 2.45) is 0 Å². The number of nitrogens with zero attached hydrogens (tertiary/aromatic N) is 1. The van der Waals surface area contributed by atoms with Gasteiger partial charge in [-0.15, -0.1) is 0 Å². The van der Waals surface area contributed by atoms with E-state index in [4.69, 9.17) is 4.74 Å². The van der Waals surface area contributed by atoms with Crippen LogP contribution >= 0.6 is 0 Å². The predicted molar refractivity (Wildman–Crippen MR) is 99.0 cm³/mol. The number of ether oxygens (including phenoxy) is 1. The second-order valence-corrected chi connectivity index (χ2v) is 9.45. The number of benzene rings is 1. The zero-order valence-electron chi connectivity index (χ0n) is 15.5. The highest BCUT2D eigenvalue weighted by molar-refractivity contribution is 7.92. The number of nitrogens with one attached hydrogen (secondary N) is 2. The van der Waals surface area contributed by atoms with Crippen LogP contribution in [0.25, 0.3) is 11.3 Å². The number of H-pyrrole nitrogens is 1. The first-order valence-corrected chi connectivity index (χ1v) is 10.7. The van der Waals surface area contributed by atoms with Crippen molar-refractivity contribution in [2.45, 2.75) is 30.2 Å². The molecule has 2 N–H and O–H groups in total. The van der Waals surface area contributed by atoms with Gasteiger partial charge in [-0.25, -0.2) is 8.42 Å². The van der Waals surface area contributed by atoms with E-state index in [1.54, 1.807) is 18.2 Å². The molecule has 1 fully saturated rings. The maximum atomic E-state index is 12.7. The molecule has 0 spiro atoms. The van der Waals surface area contributed by atoms with Crippen LogP contribution < -0.4 is 10.1 Å². The quantitative estimate of drug-likeness (QED) is 0.669. The Balaban J connectivity index is 1.52. The Labute approximate surface area is 165 Å². The predicted octanol–water partition coefficient (Wildman–Crippen LogP) is 2.56. The molecule has 1 aromatic carbocycles. The number of hydrogen-bond donors (Lipinski definition) is 2. The Hall–Kier alpha value is -2.56. The maximum absolute atomic E-state index is 12.7. The molecular weight excluding hydrogens is 411 g/mol. The molecule has 2 aromatic rings. The Bertz CT molecular complexity index is 998. The SMILES string of the molecule is CS(=O)(=O)C1(CCNC(=O)COc2cccc(-c3cc(C(F)(F)F)[nH]n3)c2)CC1. The van der Waals surface area contributed by atoms with Gasteiger partial charge in [-0.3, -0.25) is 9.89 Å². The van der Waals surface area contributed by atoms with E-state index in [1.165, 1.54) is 12.3 Å². The summed E-state index contributed by atoms with van der Waals surface area (Å²) in [5.41, 5.74) is -0.457. The first-order valence-electron chi connectivity index (χ1n) is 8.82. The number of aromatic amines is 1. The van der Waals surface area contributed by atoms with Gasteiger partial charge in [-0.05, 0) is 37.5 Å². The number of halogens is 3. The Morgan fingerprint density at radius 3 is 2.62 bits per heavy atom. The number of aromatic nitrogens is 2. The number of hydrogen-bond acceptors (Lipinski definition) is 5. The molecule has 1 aliphatic rings. The van der Waals surface area contributed by atoms with E-state index in [9.17, 15) is 26.4 Å². The van der Waals surface area contributed by atoms with E-state index in [0.29, 0.717) is 30.6 Å². The second-order valence-electron chi connectivity index (χ2n) is 7.04. The smallest absolute Gasteiger partial charge is 0.432 e. The van der Waals surface area contributed by atoms with Gasteiger partial charge in [0.2, 0.25) is 0 Å². The summed E-state index contributed by atoms with van der Waals surface area (Å²) in [4.78, 5) is 11.9. The molecule has 11 heteroatoms.